The zero-order valence-corrected chi connectivity index (χ0v) is 10.7. The molecule has 0 aromatic heterocycles. The molecule has 0 atom stereocenters. The maximum atomic E-state index is 11.1. The Hall–Kier alpha value is -1.71. The number of nitrogens with two attached hydrogens (primary N) is 1. The van der Waals surface area contributed by atoms with Gasteiger partial charge in [-0.15, -0.1) is 0 Å². The number of rotatable bonds is 6. The summed E-state index contributed by atoms with van der Waals surface area (Å²) in [5.41, 5.74) is 7.48. The normalized spacial score (nSPS) is 14.5. The van der Waals surface area contributed by atoms with E-state index in [0.717, 1.165) is 25.1 Å². The Labute approximate surface area is 107 Å². The highest BCUT2D eigenvalue weighted by molar-refractivity contribution is 5.97. The van der Waals surface area contributed by atoms with Crippen molar-refractivity contribution in [3.8, 4) is 0 Å². The second-order valence-electron chi connectivity index (χ2n) is 4.82. The number of aromatic carboxylic acids is 1. The molecule has 0 heterocycles. The van der Waals surface area contributed by atoms with Crippen LogP contribution in [-0.4, -0.2) is 23.7 Å². The number of hydrogen-bond donors (Lipinski definition) is 2. The smallest absolute Gasteiger partial charge is 0.337 e. The van der Waals surface area contributed by atoms with Crippen molar-refractivity contribution in [2.75, 3.05) is 17.2 Å². The minimum atomic E-state index is -0.958. The van der Waals surface area contributed by atoms with E-state index in [2.05, 4.69) is 11.8 Å². The molecule has 18 heavy (non-hydrogen) atoms. The van der Waals surface area contributed by atoms with Crippen LogP contribution in [-0.2, 0) is 0 Å². The van der Waals surface area contributed by atoms with Crippen LogP contribution in [0, 0.1) is 0 Å². The van der Waals surface area contributed by atoms with Crippen molar-refractivity contribution in [2.45, 2.75) is 38.6 Å². The molecule has 1 aromatic carbocycles. The molecule has 1 fully saturated rings. The van der Waals surface area contributed by atoms with Gasteiger partial charge in [-0.25, -0.2) is 4.79 Å². The highest BCUT2D eigenvalue weighted by Crippen LogP contribution is 2.36. The second-order valence-corrected chi connectivity index (χ2v) is 4.82. The lowest BCUT2D eigenvalue weighted by atomic mass is 10.1. The predicted octanol–water partition coefficient (Wildman–Crippen LogP) is 2.74. The fraction of sp³-hybridized carbons (Fsp3) is 0.500. The van der Waals surface area contributed by atoms with Gasteiger partial charge in [0.1, 0.15) is 0 Å². The first-order valence-electron chi connectivity index (χ1n) is 6.53. The van der Waals surface area contributed by atoms with E-state index in [4.69, 9.17) is 10.8 Å². The second kappa shape index (κ2) is 5.29. The summed E-state index contributed by atoms with van der Waals surface area (Å²) >= 11 is 0. The summed E-state index contributed by atoms with van der Waals surface area (Å²) in [6.45, 7) is 3.11. The zero-order valence-electron chi connectivity index (χ0n) is 10.7. The van der Waals surface area contributed by atoms with Crippen LogP contribution in [0.2, 0.25) is 0 Å². The number of nitrogen functional groups attached to an aromatic ring is 1. The van der Waals surface area contributed by atoms with Crippen molar-refractivity contribution in [2.24, 2.45) is 0 Å². The quantitative estimate of drug-likeness (QED) is 0.760. The van der Waals surface area contributed by atoms with Crippen LogP contribution < -0.4 is 10.6 Å². The topological polar surface area (TPSA) is 66.6 Å². The van der Waals surface area contributed by atoms with Crippen LogP contribution in [0.15, 0.2) is 18.2 Å². The Morgan fingerprint density at radius 1 is 1.50 bits per heavy atom. The van der Waals surface area contributed by atoms with E-state index in [9.17, 15) is 4.79 Å². The average Bonchev–Trinajstić information content (AvgIpc) is 3.15. The Morgan fingerprint density at radius 3 is 2.78 bits per heavy atom. The van der Waals surface area contributed by atoms with Crippen LogP contribution >= 0.6 is 0 Å². The molecule has 0 spiro atoms. The molecule has 0 unspecified atom stereocenters. The monoisotopic (exact) mass is 248 g/mol. The molecule has 0 saturated heterocycles. The number of hydrogen-bond acceptors (Lipinski definition) is 3. The molecule has 3 N–H and O–H groups in total. The zero-order chi connectivity index (χ0) is 13.1. The van der Waals surface area contributed by atoms with Crippen LogP contribution in [0.1, 0.15) is 43.0 Å². The first-order valence-corrected chi connectivity index (χ1v) is 6.53. The van der Waals surface area contributed by atoms with Crippen LogP contribution in [0.25, 0.3) is 0 Å². The van der Waals surface area contributed by atoms with Crippen molar-refractivity contribution in [3.05, 3.63) is 23.8 Å². The van der Waals surface area contributed by atoms with E-state index < -0.39 is 5.97 Å². The lowest BCUT2D eigenvalue weighted by Gasteiger charge is -2.26. The van der Waals surface area contributed by atoms with Gasteiger partial charge in [0, 0.05) is 12.6 Å². The third-order valence-electron chi connectivity index (χ3n) is 3.36. The molecule has 4 nitrogen and oxygen atoms in total. The molecular formula is C14H20N2O2. The van der Waals surface area contributed by atoms with Crippen molar-refractivity contribution in [1.29, 1.82) is 0 Å². The van der Waals surface area contributed by atoms with Crippen molar-refractivity contribution < 1.29 is 9.90 Å². The van der Waals surface area contributed by atoms with Gasteiger partial charge in [0.2, 0.25) is 0 Å². The van der Waals surface area contributed by atoms with E-state index in [-0.39, 0.29) is 5.56 Å². The summed E-state index contributed by atoms with van der Waals surface area (Å²) in [4.78, 5) is 13.4. The van der Waals surface area contributed by atoms with Crippen LogP contribution in [0.4, 0.5) is 11.4 Å². The third-order valence-corrected chi connectivity index (χ3v) is 3.36. The Bertz CT molecular complexity index is 441. The van der Waals surface area contributed by atoms with Gasteiger partial charge in [-0.05, 0) is 31.4 Å². The molecule has 1 aromatic rings. The number of para-hydroxylation sites is 1. The van der Waals surface area contributed by atoms with Gasteiger partial charge in [0.25, 0.3) is 0 Å². The Morgan fingerprint density at radius 2 is 2.22 bits per heavy atom. The molecule has 1 aliphatic carbocycles. The van der Waals surface area contributed by atoms with Gasteiger partial charge in [-0.2, -0.15) is 0 Å². The molecule has 0 amide bonds. The van der Waals surface area contributed by atoms with Crippen molar-refractivity contribution in [1.82, 2.24) is 0 Å². The number of carboxylic acid groups (broad SMARTS) is 1. The average molecular weight is 248 g/mol. The van der Waals surface area contributed by atoms with Gasteiger partial charge in [-0.3, -0.25) is 0 Å². The molecule has 0 bridgehead atoms. The molecule has 1 saturated carbocycles. The van der Waals surface area contributed by atoms with Gasteiger partial charge in [-0.1, -0.05) is 19.4 Å². The minimum Gasteiger partial charge on any atom is -0.478 e. The highest BCUT2D eigenvalue weighted by atomic mass is 16.4. The lowest BCUT2D eigenvalue weighted by molar-refractivity contribution is 0.0698. The maximum Gasteiger partial charge on any atom is 0.337 e. The summed E-state index contributed by atoms with van der Waals surface area (Å²) < 4.78 is 0. The van der Waals surface area contributed by atoms with Crippen LogP contribution in [0.5, 0.6) is 0 Å². The molecule has 0 aliphatic heterocycles. The highest BCUT2D eigenvalue weighted by Gasteiger charge is 2.30. The Balaban J connectivity index is 2.29. The molecule has 98 valence electrons. The predicted molar refractivity (Wildman–Crippen MR) is 73.1 cm³/mol. The summed E-state index contributed by atoms with van der Waals surface area (Å²) in [5, 5.41) is 9.10. The fourth-order valence-corrected chi connectivity index (χ4v) is 2.20. The summed E-state index contributed by atoms with van der Waals surface area (Å²) in [5.74, 6) is -0.958. The van der Waals surface area contributed by atoms with E-state index in [1.807, 2.05) is 6.07 Å². The summed E-state index contributed by atoms with van der Waals surface area (Å²) in [6, 6.07) is 5.81. The first-order chi connectivity index (χ1) is 8.65. The van der Waals surface area contributed by atoms with E-state index in [1.54, 1.807) is 12.1 Å². The number of benzene rings is 1. The van der Waals surface area contributed by atoms with Gasteiger partial charge < -0.3 is 15.7 Å². The maximum absolute atomic E-state index is 11.1. The lowest BCUT2D eigenvalue weighted by Crippen LogP contribution is -2.28. The number of carboxylic acids is 1. The Kier molecular flexibility index (Phi) is 3.75. The van der Waals surface area contributed by atoms with E-state index >= 15 is 0 Å². The van der Waals surface area contributed by atoms with Crippen molar-refractivity contribution >= 4 is 17.3 Å². The summed E-state index contributed by atoms with van der Waals surface area (Å²) in [7, 11) is 0. The number of anilines is 2. The molecule has 0 radical (unpaired) electrons. The number of carbonyl (C=O) groups is 1. The molecular weight excluding hydrogens is 228 g/mol. The number of unbranched alkanes of at least 4 members (excludes halogenated alkanes) is 1. The molecule has 4 heteroatoms. The standard InChI is InChI=1S/C14H20N2O2/c1-2-3-9-16(10-7-8-10)12-6-4-5-11(13(12)15)14(17)18/h4-6,10H,2-3,7-9,15H2,1H3,(H,17,18). The van der Waals surface area contributed by atoms with E-state index in [0.29, 0.717) is 11.7 Å². The SMILES string of the molecule is CCCCN(c1cccc(C(=O)O)c1N)C1CC1. The third kappa shape index (κ3) is 2.58. The van der Waals surface area contributed by atoms with Gasteiger partial charge >= 0.3 is 5.97 Å². The van der Waals surface area contributed by atoms with Crippen LogP contribution in [0.3, 0.4) is 0 Å². The molecule has 2 rings (SSSR count). The fourth-order valence-electron chi connectivity index (χ4n) is 2.20. The largest absolute Gasteiger partial charge is 0.478 e. The number of nitrogens with zero attached hydrogens (tertiary/aromatic N) is 1. The molecule has 1 aliphatic rings. The first kappa shape index (κ1) is 12.7. The summed E-state index contributed by atoms with van der Waals surface area (Å²) in [6.07, 6.45) is 4.59. The van der Waals surface area contributed by atoms with Crippen molar-refractivity contribution in [3.63, 3.8) is 0 Å². The minimum absolute atomic E-state index is 0.203. The van der Waals surface area contributed by atoms with Gasteiger partial charge in [0.05, 0.1) is 16.9 Å². The van der Waals surface area contributed by atoms with Gasteiger partial charge in [0.15, 0.2) is 0 Å². The van der Waals surface area contributed by atoms with E-state index in [1.165, 1.54) is 12.8 Å².